The van der Waals surface area contributed by atoms with Crippen LogP contribution in [0.1, 0.15) is 24.0 Å². The highest BCUT2D eigenvalue weighted by molar-refractivity contribution is 9.10. The molecule has 0 atom stereocenters. The summed E-state index contributed by atoms with van der Waals surface area (Å²) in [6.45, 7) is 3.32. The van der Waals surface area contributed by atoms with E-state index in [0.29, 0.717) is 19.7 Å². The average molecular weight is 519 g/mol. The van der Waals surface area contributed by atoms with Crippen LogP contribution in [0.4, 0.5) is 9.52 Å². The van der Waals surface area contributed by atoms with Gasteiger partial charge in [0.15, 0.2) is 5.13 Å². The maximum absolute atomic E-state index is 14.7. The number of alkyl halides is 1. The summed E-state index contributed by atoms with van der Waals surface area (Å²) in [5.41, 5.74) is 2.03. The van der Waals surface area contributed by atoms with Crippen LogP contribution >= 0.6 is 27.3 Å². The van der Waals surface area contributed by atoms with Crippen molar-refractivity contribution in [3.63, 3.8) is 0 Å². The third-order valence-corrected chi connectivity index (χ3v) is 7.02. The van der Waals surface area contributed by atoms with Gasteiger partial charge in [-0.1, -0.05) is 39.7 Å². The van der Waals surface area contributed by atoms with E-state index in [2.05, 4.69) is 26.7 Å². The first-order valence-electron chi connectivity index (χ1n) is 10.3. The second kappa shape index (κ2) is 9.58. The van der Waals surface area contributed by atoms with Gasteiger partial charge in [-0.3, -0.25) is 0 Å². The average Bonchev–Trinajstić information content (AvgIpc) is 3.29. The molecule has 0 saturated carbocycles. The van der Waals surface area contributed by atoms with Gasteiger partial charge in [-0.05, 0) is 36.8 Å². The number of nitrogens with zero attached hydrogens (tertiary/aromatic N) is 2. The van der Waals surface area contributed by atoms with Crippen molar-refractivity contribution in [2.75, 3.05) is 25.1 Å². The minimum Gasteiger partial charge on any atom is -0.488 e. The molecule has 1 saturated heterocycles. The van der Waals surface area contributed by atoms with Gasteiger partial charge >= 0.3 is 5.97 Å². The third kappa shape index (κ3) is 4.96. The van der Waals surface area contributed by atoms with E-state index in [1.165, 1.54) is 18.4 Å². The van der Waals surface area contributed by atoms with Gasteiger partial charge in [0.1, 0.15) is 12.4 Å². The van der Waals surface area contributed by atoms with Crippen LogP contribution in [0.25, 0.3) is 11.3 Å². The summed E-state index contributed by atoms with van der Waals surface area (Å²) < 4.78 is 26.5. The Kier molecular flexibility index (Phi) is 6.81. The monoisotopic (exact) mass is 518 g/mol. The van der Waals surface area contributed by atoms with Crippen molar-refractivity contribution in [1.82, 2.24) is 4.98 Å². The molecule has 1 aliphatic heterocycles. The molecule has 1 aliphatic rings. The Morgan fingerprint density at radius 2 is 1.94 bits per heavy atom. The number of aryl methyl sites for hydroxylation is 1. The summed E-state index contributed by atoms with van der Waals surface area (Å²) in [5, 5.41) is 2.81. The lowest BCUT2D eigenvalue weighted by molar-refractivity contribution is -0.156. The number of piperidine rings is 1. The molecule has 1 aromatic heterocycles. The fraction of sp³-hybridized carbons (Fsp3) is 0.333. The summed E-state index contributed by atoms with van der Waals surface area (Å²) in [5.74, 6) is -0.0215. The number of benzene rings is 2. The summed E-state index contributed by atoms with van der Waals surface area (Å²) in [7, 11) is 1.22. The standard InChI is InChI=1S/C24H24BrFN2O3S/c1-16-3-8-21(31-14-17-4-6-18(25)7-5-17)19(13-16)20-15-32-23(27-20)28-11-9-24(26,10-12-28)22(29)30-2/h3-8,13,15H,9-12,14H2,1-2H3. The molecular formula is C24H24BrFN2O3S. The van der Waals surface area contributed by atoms with Gasteiger partial charge in [-0.15, -0.1) is 11.3 Å². The van der Waals surface area contributed by atoms with Crippen molar-refractivity contribution in [2.24, 2.45) is 0 Å². The van der Waals surface area contributed by atoms with Crippen molar-refractivity contribution >= 4 is 38.4 Å². The Balaban J connectivity index is 1.49. The first-order valence-corrected chi connectivity index (χ1v) is 12.0. The molecule has 1 fully saturated rings. The van der Waals surface area contributed by atoms with Crippen molar-refractivity contribution in [1.29, 1.82) is 0 Å². The van der Waals surface area contributed by atoms with E-state index in [0.717, 1.165) is 37.7 Å². The Morgan fingerprint density at radius 3 is 2.62 bits per heavy atom. The number of hydrogen-bond donors (Lipinski definition) is 0. The molecule has 5 nitrogen and oxygen atoms in total. The van der Waals surface area contributed by atoms with Crippen molar-refractivity contribution in [2.45, 2.75) is 32.0 Å². The predicted molar refractivity (Wildman–Crippen MR) is 128 cm³/mol. The van der Waals surface area contributed by atoms with Gasteiger partial charge in [0, 0.05) is 41.3 Å². The fourth-order valence-corrected chi connectivity index (χ4v) is 4.83. The molecule has 32 heavy (non-hydrogen) atoms. The summed E-state index contributed by atoms with van der Waals surface area (Å²) >= 11 is 4.96. The van der Waals surface area contributed by atoms with Gasteiger partial charge in [0.25, 0.3) is 0 Å². The van der Waals surface area contributed by atoms with Crippen molar-refractivity contribution < 1.29 is 18.7 Å². The number of ether oxygens (including phenoxy) is 2. The number of anilines is 1. The lowest BCUT2D eigenvalue weighted by Crippen LogP contribution is -2.47. The Labute approximate surface area is 199 Å². The quantitative estimate of drug-likeness (QED) is 0.378. The number of thiazole rings is 1. The molecular weight excluding hydrogens is 495 g/mol. The molecule has 3 aromatic rings. The van der Waals surface area contributed by atoms with E-state index < -0.39 is 11.6 Å². The second-order valence-corrected chi connectivity index (χ2v) is 9.63. The van der Waals surface area contributed by atoms with Crippen LogP contribution in [0.15, 0.2) is 52.3 Å². The molecule has 2 aromatic carbocycles. The molecule has 0 unspecified atom stereocenters. The second-order valence-electron chi connectivity index (χ2n) is 7.87. The van der Waals surface area contributed by atoms with Crippen LogP contribution in [0.5, 0.6) is 5.75 Å². The van der Waals surface area contributed by atoms with Gasteiger partial charge in [-0.2, -0.15) is 0 Å². The van der Waals surface area contributed by atoms with Gasteiger partial charge < -0.3 is 14.4 Å². The Morgan fingerprint density at radius 1 is 1.22 bits per heavy atom. The number of halogens is 2. The number of carbonyl (C=O) groups excluding carboxylic acids is 1. The Hall–Kier alpha value is -2.45. The number of esters is 1. The molecule has 0 spiro atoms. The van der Waals surface area contributed by atoms with Crippen LogP contribution < -0.4 is 9.64 Å². The van der Waals surface area contributed by atoms with Crippen LogP contribution in [0.3, 0.4) is 0 Å². The van der Waals surface area contributed by atoms with Crippen molar-refractivity contribution in [3.05, 3.63) is 63.4 Å². The zero-order valence-corrected chi connectivity index (χ0v) is 20.3. The van der Waals surface area contributed by atoms with Crippen molar-refractivity contribution in [3.8, 4) is 17.0 Å². The molecule has 8 heteroatoms. The third-order valence-electron chi connectivity index (χ3n) is 5.59. The van der Waals surface area contributed by atoms with Gasteiger partial charge in [-0.25, -0.2) is 14.2 Å². The van der Waals surface area contributed by atoms with Gasteiger partial charge in [0.2, 0.25) is 5.67 Å². The maximum atomic E-state index is 14.7. The summed E-state index contributed by atoms with van der Waals surface area (Å²) in [4.78, 5) is 18.6. The lowest BCUT2D eigenvalue weighted by atomic mass is 9.94. The number of methoxy groups -OCH3 is 1. The fourth-order valence-electron chi connectivity index (χ4n) is 3.68. The number of aromatic nitrogens is 1. The molecule has 0 amide bonds. The number of rotatable bonds is 6. The molecule has 0 radical (unpaired) electrons. The van der Waals surface area contributed by atoms with E-state index >= 15 is 0 Å². The van der Waals surface area contributed by atoms with E-state index in [-0.39, 0.29) is 12.8 Å². The first kappa shape index (κ1) is 22.7. The van der Waals surface area contributed by atoms with Crippen LogP contribution in [0.2, 0.25) is 0 Å². The zero-order valence-electron chi connectivity index (χ0n) is 17.9. The molecule has 0 aliphatic carbocycles. The van der Waals surface area contributed by atoms with Crippen LogP contribution in [0, 0.1) is 6.92 Å². The normalized spacial score (nSPS) is 15.4. The molecule has 0 N–H and O–H groups in total. The lowest BCUT2D eigenvalue weighted by Gasteiger charge is -2.34. The van der Waals surface area contributed by atoms with E-state index in [1.54, 1.807) is 0 Å². The molecule has 2 heterocycles. The highest BCUT2D eigenvalue weighted by atomic mass is 79.9. The van der Waals surface area contributed by atoms with E-state index in [1.807, 2.05) is 53.6 Å². The number of hydrogen-bond acceptors (Lipinski definition) is 6. The zero-order chi connectivity index (χ0) is 22.7. The molecule has 0 bridgehead atoms. The smallest absolute Gasteiger partial charge is 0.343 e. The highest BCUT2D eigenvalue weighted by Gasteiger charge is 2.43. The first-order chi connectivity index (χ1) is 15.4. The maximum Gasteiger partial charge on any atom is 0.343 e. The minimum absolute atomic E-state index is 0.0978. The summed E-state index contributed by atoms with van der Waals surface area (Å²) in [6, 6.07) is 14.1. The largest absolute Gasteiger partial charge is 0.488 e. The number of carbonyl (C=O) groups is 1. The molecule has 168 valence electrons. The summed E-state index contributed by atoms with van der Waals surface area (Å²) in [6.07, 6.45) is 0.196. The van der Waals surface area contributed by atoms with E-state index in [4.69, 9.17) is 9.72 Å². The highest BCUT2D eigenvalue weighted by Crippen LogP contribution is 2.37. The minimum atomic E-state index is -1.91. The van der Waals surface area contributed by atoms with Crippen LogP contribution in [-0.4, -0.2) is 36.8 Å². The van der Waals surface area contributed by atoms with Crippen LogP contribution in [-0.2, 0) is 16.1 Å². The molecule has 4 rings (SSSR count). The predicted octanol–water partition coefficient (Wildman–Crippen LogP) is 5.94. The topological polar surface area (TPSA) is 51.7 Å². The van der Waals surface area contributed by atoms with E-state index in [9.17, 15) is 9.18 Å². The van der Waals surface area contributed by atoms with Gasteiger partial charge in [0.05, 0.1) is 12.8 Å². The Bertz CT molecular complexity index is 1090. The SMILES string of the molecule is COC(=O)C1(F)CCN(c2nc(-c3cc(C)ccc3OCc3ccc(Br)cc3)cs2)CC1.